The lowest BCUT2D eigenvalue weighted by Crippen LogP contribution is -2.41. The molecule has 3 aromatic rings. The van der Waals surface area contributed by atoms with Crippen LogP contribution in [0.5, 0.6) is 0 Å². The highest BCUT2D eigenvalue weighted by Gasteiger charge is 2.25. The van der Waals surface area contributed by atoms with E-state index in [-0.39, 0.29) is 23.7 Å². The number of H-pyrrole nitrogens is 1. The molecule has 30 heavy (non-hydrogen) atoms. The lowest BCUT2D eigenvalue weighted by Gasteiger charge is -2.32. The average Bonchev–Trinajstić information content (AvgIpc) is 2.76. The highest BCUT2D eigenvalue weighted by molar-refractivity contribution is 5.92. The number of pyridine rings is 1. The zero-order valence-electron chi connectivity index (χ0n) is 17.3. The lowest BCUT2D eigenvalue weighted by molar-refractivity contribution is -0.0237. The largest absolute Gasteiger partial charge is 0.375 e. The van der Waals surface area contributed by atoms with Gasteiger partial charge in [-0.1, -0.05) is 18.2 Å². The highest BCUT2D eigenvalue weighted by atomic mass is 16.5. The number of carbonyl (C=O) groups is 1. The summed E-state index contributed by atoms with van der Waals surface area (Å²) in [4.78, 5) is 31.1. The summed E-state index contributed by atoms with van der Waals surface area (Å²) < 4.78 is 5.87. The Morgan fingerprint density at radius 3 is 2.67 bits per heavy atom. The first-order valence-corrected chi connectivity index (χ1v) is 10.4. The van der Waals surface area contributed by atoms with Crippen LogP contribution in [0.4, 0.5) is 0 Å². The van der Waals surface area contributed by atoms with Gasteiger partial charge in [0.05, 0.1) is 23.3 Å². The van der Waals surface area contributed by atoms with Gasteiger partial charge in [0.1, 0.15) is 5.69 Å². The number of aromatic amines is 1. The molecule has 1 fully saturated rings. The first-order valence-electron chi connectivity index (χ1n) is 10.4. The smallest absolute Gasteiger partial charge is 0.272 e. The Morgan fingerprint density at radius 1 is 1.20 bits per heavy atom. The Labute approximate surface area is 175 Å². The van der Waals surface area contributed by atoms with Crippen molar-refractivity contribution in [2.75, 3.05) is 13.1 Å². The van der Waals surface area contributed by atoms with E-state index in [4.69, 9.17) is 4.74 Å². The molecule has 1 aliphatic rings. The SMILES string of the molecule is CC(C)OC1CCN(C(=O)c2cc(Cc3n[nH]c(=O)c4ccccc34)ccn2)CC1. The molecular formula is C23H26N4O3. The van der Waals surface area contributed by atoms with Crippen LogP contribution in [-0.2, 0) is 11.2 Å². The van der Waals surface area contributed by atoms with Crippen LogP contribution in [0.1, 0.15) is 48.4 Å². The molecule has 1 amide bonds. The molecule has 3 heterocycles. The van der Waals surface area contributed by atoms with Crippen molar-refractivity contribution in [2.24, 2.45) is 0 Å². The maximum absolute atomic E-state index is 12.9. The molecule has 0 bridgehead atoms. The summed E-state index contributed by atoms with van der Waals surface area (Å²) >= 11 is 0. The van der Waals surface area contributed by atoms with E-state index >= 15 is 0 Å². The van der Waals surface area contributed by atoms with Gasteiger partial charge in [-0.3, -0.25) is 14.6 Å². The summed E-state index contributed by atoms with van der Waals surface area (Å²) in [5, 5.41) is 8.22. The summed E-state index contributed by atoms with van der Waals surface area (Å²) in [5.74, 6) is -0.0564. The third-order valence-electron chi connectivity index (χ3n) is 5.38. The van der Waals surface area contributed by atoms with Gasteiger partial charge in [0.15, 0.2) is 0 Å². The van der Waals surface area contributed by atoms with E-state index in [1.165, 1.54) is 0 Å². The lowest BCUT2D eigenvalue weighted by atomic mass is 10.0. The van der Waals surface area contributed by atoms with Crippen molar-refractivity contribution in [2.45, 2.75) is 45.3 Å². The van der Waals surface area contributed by atoms with Crippen LogP contribution in [0, 0.1) is 0 Å². The number of rotatable bonds is 5. The maximum Gasteiger partial charge on any atom is 0.272 e. The molecule has 4 rings (SSSR count). The first kappa shape index (κ1) is 20.2. The molecule has 0 spiro atoms. The number of hydrogen-bond donors (Lipinski definition) is 1. The summed E-state index contributed by atoms with van der Waals surface area (Å²) in [6, 6.07) is 11.1. The van der Waals surface area contributed by atoms with E-state index < -0.39 is 0 Å². The third kappa shape index (κ3) is 4.41. The Morgan fingerprint density at radius 2 is 1.93 bits per heavy atom. The monoisotopic (exact) mass is 406 g/mol. The van der Waals surface area contributed by atoms with Crippen LogP contribution < -0.4 is 5.56 Å². The molecule has 0 radical (unpaired) electrons. The fraction of sp³-hybridized carbons (Fsp3) is 0.391. The molecule has 1 N–H and O–H groups in total. The van der Waals surface area contributed by atoms with Crippen molar-refractivity contribution in [1.29, 1.82) is 0 Å². The van der Waals surface area contributed by atoms with Gasteiger partial charge in [0, 0.05) is 31.1 Å². The summed E-state index contributed by atoms with van der Waals surface area (Å²) in [6.07, 6.45) is 4.27. The third-order valence-corrected chi connectivity index (χ3v) is 5.38. The van der Waals surface area contributed by atoms with Gasteiger partial charge in [0.2, 0.25) is 0 Å². The Bertz CT molecular complexity index is 1100. The van der Waals surface area contributed by atoms with Crippen molar-refractivity contribution in [1.82, 2.24) is 20.1 Å². The number of hydrogen-bond acceptors (Lipinski definition) is 5. The van der Waals surface area contributed by atoms with E-state index in [2.05, 4.69) is 15.2 Å². The molecule has 0 atom stereocenters. The molecule has 1 saturated heterocycles. The van der Waals surface area contributed by atoms with Crippen LogP contribution in [0.15, 0.2) is 47.4 Å². The van der Waals surface area contributed by atoms with E-state index in [9.17, 15) is 9.59 Å². The highest BCUT2D eigenvalue weighted by Crippen LogP contribution is 2.19. The topological polar surface area (TPSA) is 88.2 Å². The van der Waals surface area contributed by atoms with Gasteiger partial charge in [-0.2, -0.15) is 5.10 Å². The predicted octanol–water partition coefficient (Wildman–Crippen LogP) is 2.94. The van der Waals surface area contributed by atoms with E-state index in [1.807, 2.05) is 49.1 Å². The first-order chi connectivity index (χ1) is 14.5. The molecule has 0 aliphatic carbocycles. The number of benzene rings is 1. The molecule has 1 aliphatic heterocycles. The van der Waals surface area contributed by atoms with Crippen molar-refractivity contribution in [3.05, 3.63) is 69.9 Å². The second-order valence-electron chi connectivity index (χ2n) is 7.95. The molecule has 7 nitrogen and oxygen atoms in total. The number of carbonyl (C=O) groups excluding carboxylic acids is 1. The second-order valence-corrected chi connectivity index (χ2v) is 7.95. The number of nitrogens with zero attached hydrogens (tertiary/aromatic N) is 3. The Kier molecular flexibility index (Phi) is 5.90. The summed E-state index contributed by atoms with van der Waals surface area (Å²) in [6.45, 7) is 5.42. The van der Waals surface area contributed by atoms with Gasteiger partial charge in [0.25, 0.3) is 11.5 Å². The summed E-state index contributed by atoms with van der Waals surface area (Å²) in [7, 11) is 0. The van der Waals surface area contributed by atoms with Crippen LogP contribution >= 0.6 is 0 Å². The number of likely N-dealkylation sites (tertiary alicyclic amines) is 1. The van der Waals surface area contributed by atoms with Gasteiger partial charge >= 0.3 is 0 Å². The van der Waals surface area contributed by atoms with E-state index in [1.54, 1.807) is 12.3 Å². The van der Waals surface area contributed by atoms with Crippen molar-refractivity contribution in [3.8, 4) is 0 Å². The van der Waals surface area contributed by atoms with Crippen LogP contribution in [0.2, 0.25) is 0 Å². The number of ether oxygens (including phenoxy) is 1. The second kappa shape index (κ2) is 8.75. The van der Waals surface area contributed by atoms with Crippen molar-refractivity contribution in [3.63, 3.8) is 0 Å². The van der Waals surface area contributed by atoms with Crippen LogP contribution in [0.3, 0.4) is 0 Å². The molecule has 1 aromatic carbocycles. The van der Waals surface area contributed by atoms with Crippen LogP contribution in [0.25, 0.3) is 10.8 Å². The van der Waals surface area contributed by atoms with Gasteiger partial charge in [-0.05, 0) is 50.5 Å². The Balaban J connectivity index is 1.49. The number of piperidine rings is 1. The predicted molar refractivity (Wildman–Crippen MR) is 115 cm³/mol. The van der Waals surface area contributed by atoms with Crippen molar-refractivity contribution < 1.29 is 9.53 Å². The number of nitrogens with one attached hydrogen (secondary N) is 1. The number of aromatic nitrogens is 3. The molecule has 0 unspecified atom stereocenters. The maximum atomic E-state index is 12.9. The number of fused-ring (bicyclic) bond motifs is 1. The minimum Gasteiger partial charge on any atom is -0.375 e. The Hall–Kier alpha value is -3.06. The van der Waals surface area contributed by atoms with Crippen LogP contribution in [-0.4, -0.2) is 51.3 Å². The van der Waals surface area contributed by atoms with Gasteiger partial charge in [-0.25, -0.2) is 5.10 Å². The molecule has 0 saturated carbocycles. The zero-order chi connectivity index (χ0) is 21.1. The van der Waals surface area contributed by atoms with E-state index in [0.717, 1.165) is 29.5 Å². The van der Waals surface area contributed by atoms with Gasteiger partial charge in [-0.15, -0.1) is 0 Å². The van der Waals surface area contributed by atoms with E-state index in [0.29, 0.717) is 30.6 Å². The molecule has 7 heteroatoms. The minimum absolute atomic E-state index is 0.0564. The fourth-order valence-corrected chi connectivity index (χ4v) is 3.94. The average molecular weight is 406 g/mol. The standard InChI is InChI=1S/C23H26N4O3/c1-15(2)30-17-8-11-27(12-9-17)23(29)21-14-16(7-10-24-21)13-20-18-5-3-4-6-19(18)22(28)26-25-20/h3-7,10,14-15,17H,8-9,11-13H2,1-2H3,(H,26,28). The number of amides is 1. The normalized spacial score (nSPS) is 15.1. The zero-order valence-corrected chi connectivity index (χ0v) is 17.3. The fourth-order valence-electron chi connectivity index (χ4n) is 3.94. The minimum atomic E-state index is -0.204. The molecule has 2 aromatic heterocycles. The van der Waals surface area contributed by atoms with Crippen molar-refractivity contribution >= 4 is 16.7 Å². The molecular weight excluding hydrogens is 380 g/mol. The van der Waals surface area contributed by atoms with Gasteiger partial charge < -0.3 is 9.64 Å². The quantitative estimate of drug-likeness (QED) is 0.704. The summed E-state index contributed by atoms with van der Waals surface area (Å²) in [5.41, 5.74) is 1.92. The molecule has 156 valence electrons.